The fourth-order valence-electron chi connectivity index (χ4n) is 13.7. The fourth-order valence-corrected chi connectivity index (χ4v) is 14.7. The molecule has 0 saturated heterocycles. The van der Waals surface area contributed by atoms with E-state index in [2.05, 4.69) is 139 Å². The maximum atomic E-state index is 15.4. The van der Waals surface area contributed by atoms with E-state index in [1.165, 1.54) is 43.2 Å². The van der Waals surface area contributed by atoms with Crippen LogP contribution in [-0.2, 0) is 25.2 Å². The van der Waals surface area contributed by atoms with Crippen LogP contribution < -0.4 is 15.3 Å². The molecule has 1 spiro atoms. The van der Waals surface area contributed by atoms with Crippen molar-refractivity contribution in [2.45, 2.75) is 70.4 Å². The number of benzene rings is 5. The first kappa shape index (κ1) is 41.3. The highest BCUT2D eigenvalue weighted by Gasteiger charge is 2.54. The number of carbonyl (C=O) groups excluding carboxylic acids is 4. The SMILES string of the molecule is CC(C)N1C(=O)C2=C3C(=C(c4ccsc4N4c5ccccc5C5(c6ccccc64)c4ccccc4C(C)(C)c4ccccc45)C=C4C5=c6c7c(ccc6=C(C=C2)C43)C(=O)N(C(C)C)C(=O)C7C=C5)C1=O. The van der Waals surface area contributed by atoms with Crippen molar-refractivity contribution in [2.24, 2.45) is 5.92 Å². The number of allylic oxidation sites excluding steroid dienone is 5. The second-order valence-corrected chi connectivity index (χ2v) is 21.7. The Labute approximate surface area is 410 Å². The second kappa shape index (κ2) is 14.0. The van der Waals surface area contributed by atoms with Gasteiger partial charge in [-0.3, -0.25) is 29.0 Å². The predicted octanol–water partition coefficient (Wildman–Crippen LogP) is 10.6. The topological polar surface area (TPSA) is 78.0 Å². The van der Waals surface area contributed by atoms with Gasteiger partial charge in [-0.1, -0.05) is 123 Å². The molecule has 340 valence electrons. The monoisotopic (exact) mass is 929 g/mol. The van der Waals surface area contributed by atoms with Gasteiger partial charge in [0.25, 0.3) is 17.7 Å². The van der Waals surface area contributed by atoms with Gasteiger partial charge in [-0.15, -0.1) is 11.3 Å². The Bertz CT molecular complexity index is 3730. The molecular formula is C62H47N3O4S. The van der Waals surface area contributed by atoms with Crippen LogP contribution in [0.5, 0.6) is 0 Å². The third-order valence-electron chi connectivity index (χ3n) is 16.5. The number of nitrogens with zero attached hydrogens (tertiary/aromatic N) is 3. The number of carbonyl (C=O) groups is 4. The lowest BCUT2D eigenvalue weighted by Crippen LogP contribution is -2.54. The van der Waals surface area contributed by atoms with E-state index in [-0.39, 0.29) is 41.1 Å². The Balaban J connectivity index is 1.05. The summed E-state index contributed by atoms with van der Waals surface area (Å²) >= 11 is 1.64. The van der Waals surface area contributed by atoms with Gasteiger partial charge in [0.1, 0.15) is 5.00 Å². The number of imide groups is 2. The van der Waals surface area contributed by atoms with Gasteiger partial charge >= 0.3 is 0 Å². The normalized spacial score (nSPS) is 21.3. The van der Waals surface area contributed by atoms with Crippen LogP contribution in [0.25, 0.3) is 16.7 Å². The molecule has 5 aliphatic carbocycles. The summed E-state index contributed by atoms with van der Waals surface area (Å²) in [6.07, 6.45) is 10.1. The molecule has 0 saturated carbocycles. The van der Waals surface area contributed by atoms with Crippen molar-refractivity contribution in [1.29, 1.82) is 0 Å². The Morgan fingerprint density at radius 1 is 0.571 bits per heavy atom. The van der Waals surface area contributed by atoms with Crippen molar-refractivity contribution in [3.05, 3.63) is 234 Å². The lowest BCUT2D eigenvalue weighted by atomic mass is 9.53. The van der Waals surface area contributed by atoms with Gasteiger partial charge in [-0.05, 0) is 147 Å². The highest BCUT2D eigenvalue weighted by atomic mass is 32.1. The Morgan fingerprint density at radius 2 is 1.17 bits per heavy atom. The van der Waals surface area contributed by atoms with Crippen LogP contribution in [0.1, 0.15) is 102 Å². The van der Waals surface area contributed by atoms with E-state index >= 15 is 4.79 Å². The summed E-state index contributed by atoms with van der Waals surface area (Å²) in [5, 5.41) is 4.86. The number of hydrogen-bond donors (Lipinski definition) is 0. The van der Waals surface area contributed by atoms with E-state index in [0.29, 0.717) is 16.7 Å². The molecule has 14 rings (SSSR count). The number of rotatable bonds is 4. The number of para-hydroxylation sites is 2. The highest BCUT2D eigenvalue weighted by Crippen LogP contribution is 2.64. The molecule has 5 aromatic carbocycles. The molecule has 7 nitrogen and oxygen atoms in total. The number of amides is 4. The Hall–Kier alpha value is -7.68. The molecule has 1 aromatic heterocycles. The zero-order valence-electron chi connectivity index (χ0n) is 39.6. The highest BCUT2D eigenvalue weighted by molar-refractivity contribution is 7.14. The molecule has 4 heterocycles. The predicted molar refractivity (Wildman–Crippen MR) is 275 cm³/mol. The lowest BCUT2D eigenvalue weighted by molar-refractivity contribution is -0.142. The van der Waals surface area contributed by atoms with Gasteiger partial charge in [0, 0.05) is 40.1 Å². The third-order valence-corrected chi connectivity index (χ3v) is 17.4. The van der Waals surface area contributed by atoms with Gasteiger partial charge in [0.15, 0.2) is 0 Å². The fraction of sp³-hybridized carbons (Fsp3) is 0.194. The largest absolute Gasteiger partial charge is 0.301 e. The second-order valence-electron chi connectivity index (χ2n) is 20.8. The van der Waals surface area contributed by atoms with E-state index in [0.717, 1.165) is 65.8 Å². The minimum absolute atomic E-state index is 0.221. The van der Waals surface area contributed by atoms with Gasteiger partial charge < -0.3 is 4.90 Å². The van der Waals surface area contributed by atoms with Gasteiger partial charge in [0.05, 0.1) is 28.3 Å². The number of fused-ring (bicyclic) bond motifs is 9. The third kappa shape index (κ3) is 4.84. The molecule has 8 aliphatic rings. The minimum Gasteiger partial charge on any atom is -0.301 e. The van der Waals surface area contributed by atoms with Crippen molar-refractivity contribution < 1.29 is 19.2 Å². The standard InChI is InChI=1S/C62H47N3O4S/c1-32(2)63-56(66)38-26-23-34-35-24-28-40-54-52(35)41(36-25-27-39(57(63)67)53(38)51(34)36)31-42(55(54)59(69)64(33(3)4)58(40)68)37-29-30-70-60(37)65-49-21-13-11-19-47(49)62(48-20-12-14-22-50(48)65)45-17-9-7-15-43(45)61(5,6)44-16-8-10-18-46(44)62/h7-33,39,52H,1-6H3. The molecule has 0 bridgehead atoms. The first-order chi connectivity index (χ1) is 33.9. The van der Waals surface area contributed by atoms with E-state index in [1.54, 1.807) is 11.3 Å². The summed E-state index contributed by atoms with van der Waals surface area (Å²) in [7, 11) is 0. The van der Waals surface area contributed by atoms with E-state index < -0.39 is 17.3 Å². The molecule has 3 aliphatic heterocycles. The molecule has 2 unspecified atom stereocenters. The van der Waals surface area contributed by atoms with E-state index in [4.69, 9.17) is 0 Å². The minimum atomic E-state index is -0.644. The quantitative estimate of drug-likeness (QED) is 0.164. The zero-order chi connectivity index (χ0) is 47.9. The Kier molecular flexibility index (Phi) is 8.25. The maximum Gasteiger partial charge on any atom is 0.261 e. The van der Waals surface area contributed by atoms with E-state index in [9.17, 15) is 14.4 Å². The van der Waals surface area contributed by atoms with Crippen LogP contribution in [0.3, 0.4) is 0 Å². The summed E-state index contributed by atoms with van der Waals surface area (Å²) in [4.78, 5) is 63.7. The van der Waals surface area contributed by atoms with Gasteiger partial charge in [0.2, 0.25) is 5.91 Å². The number of thiophene rings is 1. The number of anilines is 3. The van der Waals surface area contributed by atoms with Crippen LogP contribution in [0.2, 0.25) is 0 Å². The van der Waals surface area contributed by atoms with Crippen molar-refractivity contribution in [2.75, 3.05) is 4.90 Å². The molecule has 70 heavy (non-hydrogen) atoms. The summed E-state index contributed by atoms with van der Waals surface area (Å²) in [6, 6.07) is 40.8. The van der Waals surface area contributed by atoms with Gasteiger partial charge in [-0.2, -0.15) is 0 Å². The van der Waals surface area contributed by atoms with Crippen molar-refractivity contribution >= 4 is 68.1 Å². The number of hydrogen-bond acceptors (Lipinski definition) is 6. The van der Waals surface area contributed by atoms with E-state index in [1.807, 2.05) is 58.1 Å². The molecule has 0 fully saturated rings. The van der Waals surface area contributed by atoms with Crippen molar-refractivity contribution in [3.63, 3.8) is 0 Å². The molecule has 4 amide bonds. The zero-order valence-corrected chi connectivity index (χ0v) is 40.4. The van der Waals surface area contributed by atoms with Crippen molar-refractivity contribution in [1.82, 2.24) is 9.80 Å². The lowest BCUT2D eigenvalue weighted by Gasteiger charge is -2.52. The van der Waals surface area contributed by atoms with Crippen LogP contribution >= 0.6 is 11.3 Å². The Morgan fingerprint density at radius 3 is 1.80 bits per heavy atom. The first-order valence-electron chi connectivity index (χ1n) is 24.4. The van der Waals surface area contributed by atoms with Crippen molar-refractivity contribution in [3.8, 4) is 0 Å². The average Bonchev–Trinajstić information content (AvgIpc) is 3.85. The molecule has 6 aromatic rings. The van der Waals surface area contributed by atoms with Gasteiger partial charge in [-0.25, -0.2) is 0 Å². The summed E-state index contributed by atoms with van der Waals surface area (Å²) in [5.41, 5.74) is 16.1. The van der Waals surface area contributed by atoms with Crippen LogP contribution in [0, 0.1) is 5.92 Å². The summed E-state index contributed by atoms with van der Waals surface area (Å²) in [6.45, 7) is 12.2. The maximum absolute atomic E-state index is 15.4. The molecular weight excluding hydrogens is 883 g/mol. The molecule has 8 heteroatoms. The van der Waals surface area contributed by atoms with Crippen LogP contribution in [-0.4, -0.2) is 45.5 Å². The summed E-state index contributed by atoms with van der Waals surface area (Å²) in [5.74, 6) is -2.14. The molecule has 0 radical (unpaired) electrons. The average molecular weight is 930 g/mol. The summed E-state index contributed by atoms with van der Waals surface area (Å²) < 4.78 is 0. The molecule has 2 atom stereocenters. The van der Waals surface area contributed by atoms with Crippen LogP contribution in [0.15, 0.2) is 173 Å². The smallest absolute Gasteiger partial charge is 0.261 e. The first-order valence-corrected chi connectivity index (χ1v) is 25.3. The molecule has 0 N–H and O–H groups in total. The van der Waals surface area contributed by atoms with Crippen LogP contribution in [0.4, 0.5) is 16.4 Å².